The van der Waals surface area contributed by atoms with Gasteiger partial charge in [0.15, 0.2) is 5.70 Å². The Kier molecular flexibility index (Phi) is 4.03. The van der Waals surface area contributed by atoms with Crippen molar-refractivity contribution in [1.29, 1.82) is 10.5 Å². The maximum absolute atomic E-state index is 11.4. The molecule has 1 N–H and O–H groups in total. The second-order valence-electron chi connectivity index (χ2n) is 5.48. The maximum atomic E-state index is 11.4. The van der Waals surface area contributed by atoms with Crippen molar-refractivity contribution in [2.24, 2.45) is 0 Å². The SMILES string of the molecule is CN(C)C1=C([N+](C)(C)C)C(C=C(C#N)C#N)=C1C(=O)O. The standard InChI is InChI=1S/C14H16N4O2/c1-17(2)12-11(14(19)20)10(6-9(7-15)8-16)13(12)18(3,4)5/h6H,1-5H3/p+1. The number of nitriles is 2. The van der Waals surface area contributed by atoms with E-state index in [1.165, 1.54) is 6.08 Å². The molecule has 0 heterocycles. The van der Waals surface area contributed by atoms with Gasteiger partial charge in [-0.15, -0.1) is 0 Å². The van der Waals surface area contributed by atoms with E-state index in [2.05, 4.69) is 0 Å². The molecule has 0 fully saturated rings. The van der Waals surface area contributed by atoms with E-state index in [0.717, 1.165) is 5.70 Å². The summed E-state index contributed by atoms with van der Waals surface area (Å²) in [4.78, 5) is 13.2. The number of aliphatic carboxylic acids is 1. The Bertz CT molecular complexity index is 616. The molecule has 6 heteroatoms. The maximum Gasteiger partial charge on any atom is 0.338 e. The molecule has 1 aliphatic rings. The lowest BCUT2D eigenvalue weighted by Crippen LogP contribution is -2.43. The zero-order valence-electron chi connectivity index (χ0n) is 12.2. The molecule has 0 aromatic heterocycles. The molecule has 104 valence electrons. The van der Waals surface area contributed by atoms with Gasteiger partial charge in [0.05, 0.1) is 26.7 Å². The molecule has 0 amide bonds. The van der Waals surface area contributed by atoms with Crippen LogP contribution in [0.4, 0.5) is 0 Å². The summed E-state index contributed by atoms with van der Waals surface area (Å²) in [5, 5.41) is 27.0. The van der Waals surface area contributed by atoms with Gasteiger partial charge < -0.3 is 10.0 Å². The number of likely N-dealkylation sites (N-methyl/N-ethyl adjacent to an activating group) is 2. The van der Waals surface area contributed by atoms with Gasteiger partial charge in [0.1, 0.15) is 29.0 Å². The predicted octanol–water partition coefficient (Wildman–Crippen LogP) is 0.834. The van der Waals surface area contributed by atoms with Gasteiger partial charge in [-0.25, -0.2) is 4.79 Å². The zero-order chi connectivity index (χ0) is 15.7. The minimum atomic E-state index is -1.06. The lowest BCUT2D eigenvalue weighted by Gasteiger charge is -2.38. The molecule has 1 rings (SSSR count). The molecular formula is C14H17N4O2+. The Hall–Kier alpha value is -2.57. The largest absolute Gasteiger partial charge is 0.478 e. The Morgan fingerprint density at radius 1 is 1.25 bits per heavy atom. The molecule has 0 radical (unpaired) electrons. The first-order valence-electron chi connectivity index (χ1n) is 5.89. The van der Waals surface area contributed by atoms with Crippen molar-refractivity contribution in [2.45, 2.75) is 0 Å². The van der Waals surface area contributed by atoms with Crippen LogP contribution in [0.1, 0.15) is 0 Å². The Labute approximate surface area is 118 Å². The highest BCUT2D eigenvalue weighted by Gasteiger charge is 2.42. The minimum absolute atomic E-state index is 0.109. The van der Waals surface area contributed by atoms with Gasteiger partial charge in [-0.05, 0) is 6.08 Å². The van der Waals surface area contributed by atoms with E-state index in [-0.39, 0.29) is 11.1 Å². The minimum Gasteiger partial charge on any atom is -0.478 e. The second kappa shape index (κ2) is 5.20. The fourth-order valence-corrected chi connectivity index (χ4v) is 2.13. The van der Waals surface area contributed by atoms with Crippen molar-refractivity contribution >= 4 is 5.97 Å². The van der Waals surface area contributed by atoms with Gasteiger partial charge >= 0.3 is 5.97 Å². The van der Waals surface area contributed by atoms with Gasteiger partial charge in [0.25, 0.3) is 0 Å². The summed E-state index contributed by atoms with van der Waals surface area (Å²) < 4.78 is 0.403. The summed E-state index contributed by atoms with van der Waals surface area (Å²) in [6.45, 7) is 0. The zero-order valence-corrected chi connectivity index (χ0v) is 12.2. The molecule has 0 atom stereocenters. The summed E-state index contributed by atoms with van der Waals surface area (Å²) >= 11 is 0. The van der Waals surface area contributed by atoms with Gasteiger partial charge in [-0.2, -0.15) is 10.5 Å². The summed E-state index contributed by atoms with van der Waals surface area (Å²) in [6, 6.07) is 3.51. The number of nitrogens with zero attached hydrogens (tertiary/aromatic N) is 4. The third-order valence-electron chi connectivity index (χ3n) is 2.85. The van der Waals surface area contributed by atoms with Crippen molar-refractivity contribution in [2.75, 3.05) is 35.2 Å². The predicted molar refractivity (Wildman–Crippen MR) is 72.7 cm³/mol. The molecule has 0 saturated carbocycles. The topological polar surface area (TPSA) is 88.1 Å². The molecule has 0 saturated heterocycles. The highest BCUT2D eigenvalue weighted by atomic mass is 16.4. The van der Waals surface area contributed by atoms with Crippen LogP contribution in [0, 0.1) is 22.7 Å². The summed E-state index contributed by atoms with van der Waals surface area (Å²) in [7, 11) is 9.25. The van der Waals surface area contributed by atoms with Crippen molar-refractivity contribution in [3.8, 4) is 12.1 Å². The van der Waals surface area contributed by atoms with Crippen LogP contribution in [-0.2, 0) is 4.79 Å². The lowest BCUT2D eigenvalue weighted by atomic mass is 9.86. The molecule has 0 unspecified atom stereocenters. The average molecular weight is 273 g/mol. The normalized spacial score (nSPS) is 14.2. The average Bonchev–Trinajstić information content (AvgIpc) is 2.25. The van der Waals surface area contributed by atoms with Crippen molar-refractivity contribution < 1.29 is 14.4 Å². The van der Waals surface area contributed by atoms with Crippen LogP contribution in [0.3, 0.4) is 0 Å². The van der Waals surface area contributed by atoms with Gasteiger partial charge in [-0.1, -0.05) is 0 Å². The molecule has 0 aromatic carbocycles. The summed E-state index contributed by atoms with van der Waals surface area (Å²) in [6.07, 6.45) is 1.34. The first-order chi connectivity index (χ1) is 9.15. The molecule has 0 aliphatic heterocycles. The van der Waals surface area contributed by atoms with E-state index in [9.17, 15) is 9.90 Å². The van der Waals surface area contributed by atoms with Crippen molar-refractivity contribution in [1.82, 2.24) is 4.90 Å². The Balaban J connectivity index is 3.52. The third kappa shape index (κ3) is 2.56. The van der Waals surface area contributed by atoms with Crippen LogP contribution in [0.15, 0.2) is 34.2 Å². The molecule has 0 aromatic rings. The van der Waals surface area contributed by atoms with Gasteiger partial charge in [0, 0.05) is 14.1 Å². The van der Waals surface area contributed by atoms with Gasteiger partial charge in [0.2, 0.25) is 0 Å². The van der Waals surface area contributed by atoms with Crippen LogP contribution >= 0.6 is 0 Å². The van der Waals surface area contributed by atoms with Gasteiger partial charge in [-0.3, -0.25) is 4.48 Å². The monoisotopic (exact) mass is 273 g/mol. The first kappa shape index (κ1) is 15.5. The fraction of sp³-hybridized carbons (Fsp3) is 0.357. The second-order valence-corrected chi connectivity index (χ2v) is 5.48. The van der Waals surface area contributed by atoms with Crippen LogP contribution in [0.5, 0.6) is 0 Å². The number of quaternary nitrogens is 1. The number of carbonyl (C=O) groups is 1. The summed E-state index contributed by atoms with van der Waals surface area (Å²) in [5.74, 6) is -1.06. The number of carboxylic acids is 1. The molecule has 0 bridgehead atoms. The number of rotatable bonds is 4. The number of hydrogen-bond donors (Lipinski definition) is 1. The third-order valence-corrected chi connectivity index (χ3v) is 2.85. The number of carboxylic acid groups (broad SMARTS) is 1. The lowest BCUT2D eigenvalue weighted by molar-refractivity contribution is -0.830. The van der Waals surface area contributed by atoms with Crippen LogP contribution in [0.25, 0.3) is 0 Å². The van der Waals surface area contributed by atoms with Crippen LogP contribution in [0.2, 0.25) is 0 Å². The molecule has 0 spiro atoms. The molecular weight excluding hydrogens is 256 g/mol. The highest BCUT2D eigenvalue weighted by Crippen LogP contribution is 2.41. The van der Waals surface area contributed by atoms with E-state index in [0.29, 0.717) is 15.8 Å². The van der Waals surface area contributed by atoms with E-state index in [1.807, 2.05) is 21.1 Å². The van der Waals surface area contributed by atoms with E-state index in [4.69, 9.17) is 10.5 Å². The quantitative estimate of drug-likeness (QED) is 0.605. The van der Waals surface area contributed by atoms with Crippen molar-refractivity contribution in [3.63, 3.8) is 0 Å². The molecule has 20 heavy (non-hydrogen) atoms. The highest BCUT2D eigenvalue weighted by molar-refractivity contribution is 5.98. The smallest absolute Gasteiger partial charge is 0.338 e. The fourth-order valence-electron chi connectivity index (χ4n) is 2.13. The number of allylic oxidation sites excluding steroid dienone is 2. The van der Waals surface area contributed by atoms with Crippen LogP contribution < -0.4 is 0 Å². The molecule has 6 nitrogen and oxygen atoms in total. The van der Waals surface area contributed by atoms with E-state index in [1.54, 1.807) is 31.1 Å². The summed E-state index contributed by atoms with van der Waals surface area (Å²) in [5.41, 5.74) is 1.87. The Morgan fingerprint density at radius 3 is 2.05 bits per heavy atom. The Morgan fingerprint density at radius 2 is 1.75 bits per heavy atom. The first-order valence-corrected chi connectivity index (χ1v) is 5.89. The van der Waals surface area contributed by atoms with Crippen LogP contribution in [-0.4, -0.2) is 55.7 Å². The van der Waals surface area contributed by atoms with E-state index < -0.39 is 5.97 Å². The molecule has 1 aliphatic carbocycles. The number of hydrogen-bond acceptors (Lipinski definition) is 4. The van der Waals surface area contributed by atoms with E-state index >= 15 is 0 Å². The van der Waals surface area contributed by atoms with Crippen molar-refractivity contribution in [3.05, 3.63) is 34.2 Å².